The lowest BCUT2D eigenvalue weighted by Gasteiger charge is -2.44. The second-order valence-corrected chi connectivity index (χ2v) is 10.4. The lowest BCUT2D eigenvalue weighted by atomic mass is 9.78. The molecule has 1 N–H and O–H groups in total. The SMILES string of the molecule is Cc1ccc(C2(O)CC3CCC(C2)N3C(=O)OCC2c3ccccc3-c3ccccc32)c(C)c1. The Morgan fingerprint density at radius 2 is 1.53 bits per heavy atom. The molecule has 4 heteroatoms. The van der Waals surface area contributed by atoms with Gasteiger partial charge in [0.1, 0.15) is 6.61 Å². The summed E-state index contributed by atoms with van der Waals surface area (Å²) < 4.78 is 5.98. The van der Waals surface area contributed by atoms with E-state index < -0.39 is 5.60 Å². The van der Waals surface area contributed by atoms with Gasteiger partial charge in [-0.25, -0.2) is 4.79 Å². The van der Waals surface area contributed by atoms with Crippen LogP contribution in [0, 0.1) is 13.8 Å². The Morgan fingerprint density at radius 1 is 0.941 bits per heavy atom. The molecule has 0 spiro atoms. The van der Waals surface area contributed by atoms with Crippen LogP contribution in [-0.2, 0) is 10.3 Å². The topological polar surface area (TPSA) is 49.8 Å². The fraction of sp³-hybridized carbons (Fsp3) is 0.367. The summed E-state index contributed by atoms with van der Waals surface area (Å²) in [6.07, 6.45) is 2.73. The Kier molecular flexibility index (Phi) is 5.03. The molecule has 6 rings (SSSR count). The smallest absolute Gasteiger partial charge is 0.410 e. The van der Waals surface area contributed by atoms with Gasteiger partial charge in [0, 0.05) is 30.8 Å². The van der Waals surface area contributed by atoms with Crippen molar-refractivity contribution in [2.45, 2.75) is 63.1 Å². The predicted octanol–water partition coefficient (Wildman–Crippen LogP) is 6.07. The van der Waals surface area contributed by atoms with Gasteiger partial charge in [0.15, 0.2) is 0 Å². The highest BCUT2D eigenvalue weighted by molar-refractivity contribution is 5.79. The summed E-state index contributed by atoms with van der Waals surface area (Å²) in [7, 11) is 0. The van der Waals surface area contributed by atoms with Crippen molar-refractivity contribution in [3.05, 3.63) is 94.5 Å². The van der Waals surface area contributed by atoms with Crippen molar-refractivity contribution >= 4 is 6.09 Å². The molecule has 2 heterocycles. The number of carbonyl (C=O) groups excluding carboxylic acids is 1. The van der Waals surface area contributed by atoms with Gasteiger partial charge < -0.3 is 14.7 Å². The van der Waals surface area contributed by atoms with Crippen LogP contribution in [-0.4, -0.2) is 34.8 Å². The number of rotatable bonds is 3. The summed E-state index contributed by atoms with van der Waals surface area (Å²) in [5.41, 5.74) is 7.35. The molecule has 0 aromatic heterocycles. The Hall–Kier alpha value is -3.11. The van der Waals surface area contributed by atoms with E-state index in [1.165, 1.54) is 27.8 Å². The van der Waals surface area contributed by atoms with Crippen molar-refractivity contribution in [2.24, 2.45) is 0 Å². The summed E-state index contributed by atoms with van der Waals surface area (Å²) in [5.74, 6) is 0.0611. The van der Waals surface area contributed by atoms with Gasteiger partial charge in [-0.15, -0.1) is 0 Å². The first-order valence-corrected chi connectivity index (χ1v) is 12.4. The maximum absolute atomic E-state index is 13.3. The Morgan fingerprint density at radius 3 is 2.12 bits per heavy atom. The van der Waals surface area contributed by atoms with Gasteiger partial charge in [-0.2, -0.15) is 0 Å². The summed E-state index contributed by atoms with van der Waals surface area (Å²) in [6, 6.07) is 23.1. The van der Waals surface area contributed by atoms with Gasteiger partial charge in [-0.05, 0) is 60.1 Å². The van der Waals surface area contributed by atoms with Crippen molar-refractivity contribution in [3.8, 4) is 11.1 Å². The van der Waals surface area contributed by atoms with Crippen LogP contribution in [0.15, 0.2) is 66.7 Å². The highest BCUT2D eigenvalue weighted by atomic mass is 16.6. The van der Waals surface area contributed by atoms with Crippen LogP contribution in [0.5, 0.6) is 0 Å². The zero-order valence-corrected chi connectivity index (χ0v) is 19.8. The maximum atomic E-state index is 13.3. The first-order valence-electron chi connectivity index (χ1n) is 12.4. The van der Waals surface area contributed by atoms with Gasteiger partial charge in [-0.3, -0.25) is 0 Å². The second kappa shape index (κ2) is 7.99. The number of aliphatic hydroxyl groups is 1. The summed E-state index contributed by atoms with van der Waals surface area (Å²) in [5, 5.41) is 11.6. The zero-order chi connectivity index (χ0) is 23.4. The first kappa shape index (κ1) is 21.4. The molecule has 174 valence electrons. The Labute approximate surface area is 201 Å². The van der Waals surface area contributed by atoms with E-state index >= 15 is 0 Å². The number of amides is 1. The van der Waals surface area contributed by atoms with Crippen LogP contribution in [0.4, 0.5) is 4.79 Å². The molecule has 3 aromatic rings. The van der Waals surface area contributed by atoms with Gasteiger partial charge in [0.25, 0.3) is 0 Å². The number of carbonyl (C=O) groups is 1. The molecule has 2 atom stereocenters. The molecule has 1 amide bonds. The van der Waals surface area contributed by atoms with Crippen LogP contribution in [0.25, 0.3) is 11.1 Å². The number of hydrogen-bond acceptors (Lipinski definition) is 3. The third-order valence-corrected chi connectivity index (χ3v) is 8.20. The lowest BCUT2D eigenvalue weighted by Crippen LogP contribution is -2.52. The number of fused-ring (bicyclic) bond motifs is 5. The van der Waals surface area contributed by atoms with E-state index in [0.29, 0.717) is 19.4 Å². The number of benzene rings is 3. The molecule has 4 nitrogen and oxygen atoms in total. The van der Waals surface area contributed by atoms with E-state index in [9.17, 15) is 9.90 Å². The quantitative estimate of drug-likeness (QED) is 0.524. The molecule has 34 heavy (non-hydrogen) atoms. The standard InChI is InChI=1S/C30H31NO3/c1-19-11-14-28(20(2)15-19)30(33)16-21-12-13-22(17-30)31(21)29(32)34-18-27-25-9-5-3-7-23(25)24-8-4-6-10-26(24)27/h3-11,14-15,21-22,27,33H,12-13,16-18H2,1-2H3. The van der Waals surface area contributed by atoms with E-state index in [-0.39, 0.29) is 24.1 Å². The Bertz CT molecular complexity index is 1210. The molecule has 2 fully saturated rings. The highest BCUT2D eigenvalue weighted by Gasteiger charge is 2.51. The molecule has 1 aliphatic carbocycles. The molecular formula is C30H31NO3. The van der Waals surface area contributed by atoms with Crippen LogP contribution in [0.3, 0.4) is 0 Å². The molecule has 3 aliphatic rings. The third kappa shape index (κ3) is 3.35. The summed E-state index contributed by atoms with van der Waals surface area (Å²) in [6.45, 7) is 4.48. The lowest BCUT2D eigenvalue weighted by molar-refractivity contribution is -0.0534. The van der Waals surface area contributed by atoms with Crippen molar-refractivity contribution < 1.29 is 14.6 Å². The minimum Gasteiger partial charge on any atom is -0.448 e. The number of aryl methyl sites for hydroxylation is 2. The highest BCUT2D eigenvalue weighted by Crippen LogP contribution is 2.48. The Balaban J connectivity index is 1.19. The predicted molar refractivity (Wildman–Crippen MR) is 133 cm³/mol. The van der Waals surface area contributed by atoms with Crippen molar-refractivity contribution in [2.75, 3.05) is 6.61 Å². The molecule has 0 saturated carbocycles. The largest absolute Gasteiger partial charge is 0.448 e. The molecule has 2 aliphatic heterocycles. The van der Waals surface area contributed by atoms with Gasteiger partial charge in [0.05, 0.1) is 5.60 Å². The third-order valence-electron chi connectivity index (χ3n) is 8.20. The van der Waals surface area contributed by atoms with Gasteiger partial charge >= 0.3 is 6.09 Å². The van der Waals surface area contributed by atoms with E-state index in [0.717, 1.165) is 24.0 Å². The molecule has 3 aromatic carbocycles. The molecule has 0 radical (unpaired) electrons. The fourth-order valence-corrected chi connectivity index (χ4v) is 6.75. The minimum absolute atomic E-state index is 0.0140. The first-order chi connectivity index (χ1) is 16.4. The van der Waals surface area contributed by atoms with E-state index in [4.69, 9.17) is 4.74 Å². The van der Waals surface area contributed by atoms with Gasteiger partial charge in [0.2, 0.25) is 0 Å². The minimum atomic E-state index is -0.885. The number of hydrogen-bond donors (Lipinski definition) is 1. The van der Waals surface area contributed by atoms with Gasteiger partial charge in [-0.1, -0.05) is 72.3 Å². The average Bonchev–Trinajstić information content (AvgIpc) is 3.29. The fourth-order valence-electron chi connectivity index (χ4n) is 6.75. The summed E-state index contributed by atoms with van der Waals surface area (Å²) >= 11 is 0. The zero-order valence-electron chi connectivity index (χ0n) is 19.8. The normalized spacial score (nSPS) is 25.2. The number of ether oxygens (including phenoxy) is 1. The van der Waals surface area contributed by atoms with Crippen LogP contribution in [0.1, 0.15) is 59.4 Å². The maximum Gasteiger partial charge on any atom is 0.410 e. The summed E-state index contributed by atoms with van der Waals surface area (Å²) in [4.78, 5) is 15.2. The van der Waals surface area contributed by atoms with Crippen molar-refractivity contribution in [3.63, 3.8) is 0 Å². The van der Waals surface area contributed by atoms with Crippen molar-refractivity contribution in [1.29, 1.82) is 0 Å². The average molecular weight is 454 g/mol. The van der Waals surface area contributed by atoms with E-state index in [1.54, 1.807) is 0 Å². The number of nitrogens with zero attached hydrogens (tertiary/aromatic N) is 1. The van der Waals surface area contributed by atoms with Crippen LogP contribution < -0.4 is 0 Å². The monoisotopic (exact) mass is 453 g/mol. The second-order valence-electron chi connectivity index (χ2n) is 10.4. The van der Waals surface area contributed by atoms with Crippen LogP contribution >= 0.6 is 0 Å². The molecule has 2 unspecified atom stereocenters. The molecular weight excluding hydrogens is 422 g/mol. The molecule has 2 bridgehead atoms. The molecule has 2 saturated heterocycles. The number of piperidine rings is 1. The van der Waals surface area contributed by atoms with E-state index in [2.05, 4.69) is 80.6 Å². The van der Waals surface area contributed by atoms with Crippen molar-refractivity contribution in [1.82, 2.24) is 4.90 Å². The van der Waals surface area contributed by atoms with Crippen LogP contribution in [0.2, 0.25) is 0 Å². The van der Waals surface area contributed by atoms with E-state index in [1.807, 2.05) is 4.90 Å².